The van der Waals surface area contributed by atoms with Gasteiger partial charge in [-0.25, -0.2) is 18.1 Å². The van der Waals surface area contributed by atoms with Crippen molar-refractivity contribution >= 4 is 49.9 Å². The summed E-state index contributed by atoms with van der Waals surface area (Å²) in [5, 5.41) is 4.47. The largest absolute Gasteiger partial charge is 0.287 e. The molecule has 3 aromatic rings. The molecule has 2 N–H and O–H groups in total. The molecule has 0 saturated carbocycles. The summed E-state index contributed by atoms with van der Waals surface area (Å²) in [6.45, 7) is 2.37. The van der Waals surface area contributed by atoms with Crippen molar-refractivity contribution in [1.29, 1.82) is 0 Å². The van der Waals surface area contributed by atoms with E-state index < -0.39 is 15.9 Å². The second-order valence-electron chi connectivity index (χ2n) is 6.61. The number of fused-ring (bicyclic) bond motifs is 1. The lowest BCUT2D eigenvalue weighted by atomic mass is 10.1. The average molecular weight is 484 g/mol. The first-order chi connectivity index (χ1) is 14.7. The highest BCUT2D eigenvalue weighted by atomic mass is 35.5. The molecule has 2 heterocycles. The quantitative estimate of drug-likeness (QED) is 0.288. The van der Waals surface area contributed by atoms with Gasteiger partial charge in [0.1, 0.15) is 10.0 Å². The maximum Gasteiger partial charge on any atom is 0.287 e. The van der Waals surface area contributed by atoms with Crippen LogP contribution in [-0.4, -0.2) is 29.1 Å². The van der Waals surface area contributed by atoms with Crippen LogP contribution in [0.2, 0.25) is 10.3 Å². The smallest absolute Gasteiger partial charge is 0.272 e. The first-order valence-corrected chi connectivity index (χ1v) is 11.6. The molecule has 0 atom stereocenters. The number of unbranched alkanes of at least 4 members (excludes halogenated alkanes) is 2. The Labute approximate surface area is 188 Å². The molecule has 31 heavy (non-hydrogen) atoms. The molecule has 3 rings (SSSR count). The van der Waals surface area contributed by atoms with E-state index in [0.717, 1.165) is 25.3 Å². The fraction of sp³-hybridized carbons (Fsp3) is 0.263. The van der Waals surface area contributed by atoms with E-state index >= 15 is 0 Å². The van der Waals surface area contributed by atoms with Gasteiger partial charge in [0.2, 0.25) is 0 Å². The van der Waals surface area contributed by atoms with Gasteiger partial charge in [-0.05, 0) is 24.6 Å². The second-order valence-corrected chi connectivity index (χ2v) is 9.01. The average Bonchev–Trinajstić information content (AvgIpc) is 2.73. The molecule has 1 amide bonds. The van der Waals surface area contributed by atoms with Crippen LogP contribution in [0.15, 0.2) is 46.1 Å². The minimum absolute atomic E-state index is 0.0222. The molecule has 12 heteroatoms. The number of hydrogen-bond donors (Lipinski definition) is 2. The molecule has 0 fully saturated rings. The van der Waals surface area contributed by atoms with Gasteiger partial charge in [-0.3, -0.25) is 15.0 Å². The summed E-state index contributed by atoms with van der Waals surface area (Å²) in [7, 11) is -4.23. The van der Waals surface area contributed by atoms with Crippen molar-refractivity contribution in [2.24, 2.45) is 0 Å². The molecule has 164 valence electrons. The second kappa shape index (κ2) is 9.73. The number of carbonyl (C=O) groups is 1. The van der Waals surface area contributed by atoms with Gasteiger partial charge in [0.15, 0.2) is 10.8 Å². The number of pyridine rings is 1. The number of hydrogen-bond acceptors (Lipinski definition) is 6. The van der Waals surface area contributed by atoms with Crippen molar-refractivity contribution in [1.82, 2.24) is 25.0 Å². The fourth-order valence-corrected chi connectivity index (χ4v) is 4.39. The highest BCUT2D eigenvalue weighted by molar-refractivity contribution is 7.89. The Kier molecular flexibility index (Phi) is 7.26. The number of halogens is 2. The lowest BCUT2D eigenvalue weighted by molar-refractivity contribution is 0.0939. The van der Waals surface area contributed by atoms with E-state index in [1.807, 2.05) is 11.8 Å². The van der Waals surface area contributed by atoms with Crippen LogP contribution >= 0.6 is 23.2 Å². The van der Waals surface area contributed by atoms with Crippen LogP contribution in [0, 0.1) is 0 Å². The Hall–Kier alpha value is -2.53. The summed E-state index contributed by atoms with van der Waals surface area (Å²) in [5.74, 6) is -0.831. The Morgan fingerprint density at radius 2 is 1.81 bits per heavy atom. The number of carbonyl (C=O) groups excluding carboxylic acids is 1. The van der Waals surface area contributed by atoms with Gasteiger partial charge in [-0.15, -0.1) is 4.83 Å². The molecule has 0 bridgehead atoms. The van der Waals surface area contributed by atoms with Gasteiger partial charge in [-0.1, -0.05) is 61.2 Å². The van der Waals surface area contributed by atoms with Gasteiger partial charge in [0.05, 0.1) is 5.39 Å². The molecular weight excluding hydrogens is 465 g/mol. The number of aromatic nitrogens is 3. The van der Waals surface area contributed by atoms with E-state index in [4.69, 9.17) is 23.2 Å². The molecule has 0 radical (unpaired) electrons. The highest BCUT2D eigenvalue weighted by Crippen LogP contribution is 2.21. The van der Waals surface area contributed by atoms with Gasteiger partial charge in [0.25, 0.3) is 21.5 Å². The zero-order chi connectivity index (χ0) is 22.6. The monoisotopic (exact) mass is 483 g/mol. The van der Waals surface area contributed by atoms with E-state index in [1.165, 1.54) is 10.7 Å². The van der Waals surface area contributed by atoms with Crippen LogP contribution < -0.4 is 15.8 Å². The topological polar surface area (TPSA) is 123 Å². The van der Waals surface area contributed by atoms with Crippen molar-refractivity contribution in [2.45, 2.75) is 37.6 Å². The number of aryl methyl sites for hydroxylation is 1. The fourth-order valence-electron chi connectivity index (χ4n) is 2.89. The Bertz CT molecular complexity index is 1290. The summed E-state index contributed by atoms with van der Waals surface area (Å²) in [6, 6.07) is 8.92. The van der Waals surface area contributed by atoms with Crippen molar-refractivity contribution in [3.8, 4) is 0 Å². The van der Waals surface area contributed by atoms with Crippen LogP contribution in [-0.2, 0) is 16.6 Å². The molecule has 0 aliphatic carbocycles. The van der Waals surface area contributed by atoms with E-state index in [9.17, 15) is 18.0 Å². The number of rotatable bonds is 8. The number of nitrogens with one attached hydrogen (secondary N) is 2. The van der Waals surface area contributed by atoms with Crippen LogP contribution in [0.1, 0.15) is 36.7 Å². The maximum atomic E-state index is 12.8. The SMILES string of the molecule is CCCCCn1nc(C(=O)NNS(=O)(=O)c2ccc(Cl)nc2Cl)c2ccccc2c1=O. The van der Waals surface area contributed by atoms with E-state index in [0.29, 0.717) is 17.3 Å². The minimum atomic E-state index is -4.23. The van der Waals surface area contributed by atoms with Crippen LogP contribution in [0.3, 0.4) is 0 Å². The molecule has 0 unspecified atom stereocenters. The lowest BCUT2D eigenvalue weighted by Crippen LogP contribution is -2.42. The maximum absolute atomic E-state index is 12.8. The molecule has 9 nitrogen and oxygen atoms in total. The van der Waals surface area contributed by atoms with Crippen molar-refractivity contribution in [3.05, 3.63) is 62.8 Å². The summed E-state index contributed by atoms with van der Waals surface area (Å²) in [4.78, 5) is 30.7. The van der Waals surface area contributed by atoms with Gasteiger partial charge < -0.3 is 0 Å². The van der Waals surface area contributed by atoms with Crippen molar-refractivity contribution in [2.75, 3.05) is 0 Å². The third kappa shape index (κ3) is 5.21. The van der Waals surface area contributed by atoms with Gasteiger partial charge in [-0.2, -0.15) is 5.10 Å². The number of sulfonamides is 1. The molecule has 0 spiro atoms. The summed E-state index contributed by atoms with van der Waals surface area (Å²) in [5.41, 5.74) is 1.71. The number of benzene rings is 1. The first kappa shape index (κ1) is 23.1. The predicted molar refractivity (Wildman–Crippen MR) is 118 cm³/mol. The molecule has 1 aromatic carbocycles. The molecule has 0 aliphatic heterocycles. The normalized spacial score (nSPS) is 11.6. The third-order valence-corrected chi connectivity index (χ3v) is 6.32. The summed E-state index contributed by atoms with van der Waals surface area (Å²) < 4.78 is 26.2. The van der Waals surface area contributed by atoms with Crippen molar-refractivity contribution in [3.63, 3.8) is 0 Å². The molecular formula is C19H19Cl2N5O4S. The Balaban J connectivity index is 1.91. The minimum Gasteiger partial charge on any atom is -0.272 e. The standard InChI is InChI=1S/C19H19Cl2N5O4S/c1-2-3-6-11-26-19(28)13-8-5-4-7-12(13)16(24-26)18(27)23-25-31(29,30)14-9-10-15(20)22-17(14)21/h4-5,7-10,25H,2-3,6,11H2,1H3,(H,23,27). The first-order valence-electron chi connectivity index (χ1n) is 9.38. The third-order valence-electron chi connectivity index (χ3n) is 4.43. The lowest BCUT2D eigenvalue weighted by Gasteiger charge is -2.12. The molecule has 0 saturated heterocycles. The van der Waals surface area contributed by atoms with E-state index in [2.05, 4.69) is 15.5 Å². The number of hydrazine groups is 1. The van der Waals surface area contributed by atoms with Crippen molar-refractivity contribution < 1.29 is 13.2 Å². The zero-order valence-electron chi connectivity index (χ0n) is 16.4. The molecule has 0 aliphatic rings. The highest BCUT2D eigenvalue weighted by Gasteiger charge is 2.22. The predicted octanol–water partition coefficient (Wildman–Crippen LogP) is 2.91. The van der Waals surface area contributed by atoms with E-state index in [1.54, 1.807) is 24.3 Å². The van der Waals surface area contributed by atoms with Crippen LogP contribution in [0.4, 0.5) is 0 Å². The van der Waals surface area contributed by atoms with Crippen LogP contribution in [0.25, 0.3) is 10.8 Å². The van der Waals surface area contributed by atoms with Gasteiger partial charge in [0, 0.05) is 11.9 Å². The van der Waals surface area contributed by atoms with Crippen LogP contribution in [0.5, 0.6) is 0 Å². The number of nitrogens with zero attached hydrogens (tertiary/aromatic N) is 3. The summed E-state index contributed by atoms with van der Waals surface area (Å²) >= 11 is 11.5. The van der Waals surface area contributed by atoms with Gasteiger partial charge >= 0.3 is 0 Å². The molecule has 2 aromatic heterocycles. The Morgan fingerprint density at radius 3 is 2.48 bits per heavy atom. The summed E-state index contributed by atoms with van der Waals surface area (Å²) in [6.07, 6.45) is 2.58. The Morgan fingerprint density at radius 1 is 1.10 bits per heavy atom. The number of amides is 1. The zero-order valence-corrected chi connectivity index (χ0v) is 18.8. The van der Waals surface area contributed by atoms with E-state index in [-0.39, 0.29) is 26.5 Å².